The van der Waals surface area contributed by atoms with Gasteiger partial charge in [0.05, 0.1) is 5.56 Å². The summed E-state index contributed by atoms with van der Waals surface area (Å²) in [6, 6.07) is 22.7. The number of benzene rings is 4. The van der Waals surface area contributed by atoms with Crippen LogP contribution in [-0.2, 0) is 0 Å². The van der Waals surface area contributed by atoms with Gasteiger partial charge in [0.15, 0.2) is 5.78 Å². The van der Waals surface area contributed by atoms with Crippen LogP contribution in [0, 0.1) is 6.92 Å². The van der Waals surface area contributed by atoms with E-state index in [2.05, 4.69) is 6.07 Å². The van der Waals surface area contributed by atoms with Gasteiger partial charge in [0, 0.05) is 10.9 Å². The molecule has 1 N–H and O–H groups in total. The molecule has 0 bridgehead atoms. The number of aryl methyl sites for hydroxylation is 1. The van der Waals surface area contributed by atoms with Gasteiger partial charge >= 0.3 is 0 Å². The second kappa shape index (κ2) is 5.50. The minimum Gasteiger partial charge on any atom is -0.507 e. The van der Waals surface area contributed by atoms with E-state index >= 15 is 0 Å². The molecule has 116 valence electrons. The Hall–Kier alpha value is -3.13. The molecule has 0 amide bonds. The fraction of sp³-hybridized carbons (Fsp3) is 0.0455. The first-order valence-corrected chi connectivity index (χ1v) is 7.90. The lowest BCUT2D eigenvalue weighted by Gasteiger charge is -2.13. The normalized spacial score (nSPS) is 11.0. The quantitative estimate of drug-likeness (QED) is 0.406. The molecule has 0 atom stereocenters. The van der Waals surface area contributed by atoms with Gasteiger partial charge in [-0.1, -0.05) is 78.4 Å². The minimum absolute atomic E-state index is 0.0517. The molecular weight excluding hydrogens is 296 g/mol. The summed E-state index contributed by atoms with van der Waals surface area (Å²) in [6.07, 6.45) is 0. The maximum absolute atomic E-state index is 13.0. The molecule has 0 radical (unpaired) electrons. The molecule has 0 unspecified atom stereocenters. The second-order valence-corrected chi connectivity index (χ2v) is 6.01. The number of hydrogen-bond acceptors (Lipinski definition) is 2. The number of carbonyl (C=O) groups excluding carboxylic acids is 1. The number of rotatable bonds is 2. The highest BCUT2D eigenvalue weighted by molar-refractivity contribution is 6.25. The van der Waals surface area contributed by atoms with Gasteiger partial charge in [0.25, 0.3) is 0 Å². The summed E-state index contributed by atoms with van der Waals surface area (Å²) in [5.74, 6) is -0.108. The first-order valence-electron chi connectivity index (χ1n) is 7.90. The van der Waals surface area contributed by atoms with Crippen molar-refractivity contribution >= 4 is 27.3 Å². The van der Waals surface area contributed by atoms with Gasteiger partial charge in [-0.25, -0.2) is 0 Å². The average molecular weight is 312 g/mol. The highest BCUT2D eigenvalue weighted by Crippen LogP contribution is 2.38. The van der Waals surface area contributed by atoms with Crippen LogP contribution in [0.4, 0.5) is 0 Å². The molecule has 0 aromatic heterocycles. The van der Waals surface area contributed by atoms with Crippen molar-refractivity contribution in [2.24, 2.45) is 0 Å². The summed E-state index contributed by atoms with van der Waals surface area (Å²) in [5.41, 5.74) is 2.07. The third-order valence-corrected chi connectivity index (χ3v) is 4.42. The van der Waals surface area contributed by atoms with Gasteiger partial charge in [-0.05, 0) is 23.1 Å². The lowest BCUT2D eigenvalue weighted by Crippen LogP contribution is -2.03. The largest absolute Gasteiger partial charge is 0.507 e. The predicted octanol–water partition coefficient (Wildman–Crippen LogP) is 5.24. The van der Waals surface area contributed by atoms with Crippen molar-refractivity contribution in [3.63, 3.8) is 0 Å². The molecule has 4 aromatic carbocycles. The van der Waals surface area contributed by atoms with Crippen molar-refractivity contribution in [1.29, 1.82) is 0 Å². The van der Waals surface area contributed by atoms with Crippen LogP contribution in [0.1, 0.15) is 21.5 Å². The van der Waals surface area contributed by atoms with Crippen molar-refractivity contribution in [2.45, 2.75) is 6.92 Å². The van der Waals surface area contributed by atoms with Gasteiger partial charge in [0.1, 0.15) is 5.75 Å². The lowest BCUT2D eigenvalue weighted by atomic mass is 9.91. The molecule has 4 rings (SSSR count). The molecule has 0 aliphatic heterocycles. The Labute approximate surface area is 140 Å². The maximum Gasteiger partial charge on any atom is 0.197 e. The number of carbonyl (C=O) groups is 1. The molecule has 0 saturated heterocycles. The van der Waals surface area contributed by atoms with Gasteiger partial charge in [-0.2, -0.15) is 0 Å². The van der Waals surface area contributed by atoms with E-state index in [0.29, 0.717) is 16.5 Å². The first-order chi connectivity index (χ1) is 11.7. The van der Waals surface area contributed by atoms with Gasteiger partial charge < -0.3 is 5.11 Å². The standard InChI is InChI=1S/C22H16O2/c1-14-11-12-17-19(13-14)16-9-5-6-10-18(16)22(24)20(17)21(23)15-7-3-2-4-8-15/h2-13,24H,1H3. The van der Waals surface area contributed by atoms with Gasteiger partial charge in [-0.15, -0.1) is 0 Å². The van der Waals surface area contributed by atoms with E-state index in [1.54, 1.807) is 12.1 Å². The summed E-state index contributed by atoms with van der Waals surface area (Å²) in [7, 11) is 0. The Morgan fingerprint density at radius 1 is 0.750 bits per heavy atom. The monoisotopic (exact) mass is 312 g/mol. The Morgan fingerprint density at radius 2 is 1.42 bits per heavy atom. The van der Waals surface area contributed by atoms with Crippen LogP contribution in [-0.4, -0.2) is 10.9 Å². The number of aromatic hydroxyl groups is 1. The topological polar surface area (TPSA) is 37.3 Å². The summed E-state index contributed by atoms with van der Waals surface area (Å²) >= 11 is 0. The molecule has 0 heterocycles. The predicted molar refractivity (Wildman–Crippen MR) is 97.7 cm³/mol. The van der Waals surface area contributed by atoms with Crippen LogP contribution < -0.4 is 0 Å². The zero-order valence-corrected chi connectivity index (χ0v) is 13.3. The summed E-state index contributed by atoms with van der Waals surface area (Å²) in [5, 5.41) is 14.3. The fourth-order valence-corrected chi connectivity index (χ4v) is 3.25. The smallest absolute Gasteiger partial charge is 0.197 e. The molecule has 0 spiro atoms. The molecule has 0 fully saturated rings. The fourth-order valence-electron chi connectivity index (χ4n) is 3.25. The Kier molecular flexibility index (Phi) is 3.31. The second-order valence-electron chi connectivity index (χ2n) is 6.01. The number of ketones is 1. The molecule has 2 nitrogen and oxygen atoms in total. The van der Waals surface area contributed by atoms with Crippen molar-refractivity contribution in [3.05, 3.63) is 89.5 Å². The summed E-state index contributed by atoms with van der Waals surface area (Å²) in [4.78, 5) is 13.0. The zero-order chi connectivity index (χ0) is 16.7. The molecule has 0 saturated carbocycles. The van der Waals surface area contributed by atoms with E-state index in [0.717, 1.165) is 21.7 Å². The summed E-state index contributed by atoms with van der Waals surface area (Å²) in [6.45, 7) is 2.03. The van der Waals surface area contributed by atoms with Crippen LogP contribution in [0.3, 0.4) is 0 Å². The number of fused-ring (bicyclic) bond motifs is 3. The van der Waals surface area contributed by atoms with Crippen LogP contribution >= 0.6 is 0 Å². The molecule has 0 aliphatic carbocycles. The Bertz CT molecular complexity index is 1080. The minimum atomic E-state index is -0.160. The highest BCUT2D eigenvalue weighted by Gasteiger charge is 2.20. The molecule has 2 heteroatoms. The average Bonchev–Trinajstić information content (AvgIpc) is 2.63. The van der Waals surface area contributed by atoms with Crippen molar-refractivity contribution in [3.8, 4) is 5.75 Å². The van der Waals surface area contributed by atoms with Crippen LogP contribution in [0.5, 0.6) is 5.75 Å². The van der Waals surface area contributed by atoms with Crippen LogP contribution in [0.15, 0.2) is 72.8 Å². The maximum atomic E-state index is 13.0. The van der Waals surface area contributed by atoms with E-state index < -0.39 is 0 Å². The number of phenols is 1. The van der Waals surface area contributed by atoms with Crippen molar-refractivity contribution in [2.75, 3.05) is 0 Å². The van der Waals surface area contributed by atoms with Crippen molar-refractivity contribution in [1.82, 2.24) is 0 Å². The zero-order valence-electron chi connectivity index (χ0n) is 13.3. The molecular formula is C22H16O2. The van der Waals surface area contributed by atoms with Gasteiger partial charge in [0.2, 0.25) is 0 Å². The third-order valence-electron chi connectivity index (χ3n) is 4.42. The lowest BCUT2D eigenvalue weighted by molar-refractivity contribution is 0.103. The van der Waals surface area contributed by atoms with E-state index in [9.17, 15) is 9.90 Å². The molecule has 0 aliphatic rings. The highest BCUT2D eigenvalue weighted by atomic mass is 16.3. The Morgan fingerprint density at radius 3 is 2.17 bits per heavy atom. The van der Waals surface area contributed by atoms with Crippen LogP contribution in [0.2, 0.25) is 0 Å². The number of hydrogen-bond donors (Lipinski definition) is 1. The third kappa shape index (κ3) is 2.16. The molecule has 24 heavy (non-hydrogen) atoms. The van der Waals surface area contributed by atoms with E-state index in [1.165, 1.54) is 0 Å². The van der Waals surface area contributed by atoms with E-state index in [-0.39, 0.29) is 11.5 Å². The number of phenolic OH excluding ortho intramolecular Hbond substituents is 1. The molecule has 4 aromatic rings. The summed E-state index contributed by atoms with van der Waals surface area (Å²) < 4.78 is 0. The Balaban J connectivity index is 2.14. The van der Waals surface area contributed by atoms with Gasteiger partial charge in [-0.3, -0.25) is 4.79 Å². The van der Waals surface area contributed by atoms with E-state index in [4.69, 9.17) is 0 Å². The first kappa shape index (κ1) is 14.5. The SMILES string of the molecule is Cc1ccc2c(C(=O)c3ccccc3)c(O)c3ccccc3c2c1. The van der Waals surface area contributed by atoms with Crippen LogP contribution in [0.25, 0.3) is 21.5 Å². The van der Waals surface area contributed by atoms with E-state index in [1.807, 2.05) is 61.5 Å². The van der Waals surface area contributed by atoms with Crippen molar-refractivity contribution < 1.29 is 9.90 Å².